The van der Waals surface area contributed by atoms with E-state index in [0.29, 0.717) is 19.4 Å². The van der Waals surface area contributed by atoms with Crippen molar-refractivity contribution in [1.82, 2.24) is 15.3 Å². The van der Waals surface area contributed by atoms with Crippen LogP contribution in [0.5, 0.6) is 0 Å². The zero-order valence-electron chi connectivity index (χ0n) is 13.8. The number of carbonyl (C=O) groups excluding carboxylic acids is 1. The summed E-state index contributed by atoms with van der Waals surface area (Å²) in [5, 5.41) is 2.92. The molecule has 1 atom stereocenters. The third-order valence-corrected chi connectivity index (χ3v) is 3.93. The van der Waals surface area contributed by atoms with E-state index in [0.717, 1.165) is 28.0 Å². The lowest BCUT2D eigenvalue weighted by molar-refractivity contribution is -0.121. The van der Waals surface area contributed by atoms with E-state index < -0.39 is 0 Å². The Morgan fingerprint density at radius 2 is 1.96 bits per heavy atom. The third kappa shape index (κ3) is 4.00. The predicted octanol–water partition coefficient (Wildman–Crippen LogP) is 2.97. The molecule has 0 fully saturated rings. The molecule has 1 aromatic heterocycles. The summed E-state index contributed by atoms with van der Waals surface area (Å²) in [5.41, 5.74) is 9.73. The van der Waals surface area contributed by atoms with Crippen molar-refractivity contribution in [2.45, 2.75) is 32.4 Å². The van der Waals surface area contributed by atoms with Crippen LogP contribution in [0.3, 0.4) is 0 Å². The van der Waals surface area contributed by atoms with Crippen molar-refractivity contribution in [3.05, 3.63) is 54.1 Å². The molecule has 0 aliphatic heterocycles. The molecule has 0 aliphatic rings. The Kier molecular flexibility index (Phi) is 4.91. The molecule has 3 rings (SSSR count). The minimum absolute atomic E-state index is 0.0358. The second-order valence-corrected chi connectivity index (χ2v) is 6.09. The molecule has 5 nitrogen and oxygen atoms in total. The smallest absolute Gasteiger partial charge is 0.220 e. The minimum Gasteiger partial charge on any atom is -0.352 e. The zero-order chi connectivity index (χ0) is 16.9. The highest BCUT2D eigenvalue weighted by Crippen LogP contribution is 2.20. The Labute approximate surface area is 141 Å². The summed E-state index contributed by atoms with van der Waals surface area (Å²) < 4.78 is 0. The summed E-state index contributed by atoms with van der Waals surface area (Å²) in [7, 11) is 0. The van der Waals surface area contributed by atoms with Crippen LogP contribution in [-0.4, -0.2) is 21.9 Å². The highest BCUT2D eigenvalue weighted by Gasteiger charge is 2.06. The maximum absolute atomic E-state index is 11.7. The van der Waals surface area contributed by atoms with E-state index in [-0.39, 0.29) is 11.9 Å². The largest absolute Gasteiger partial charge is 0.352 e. The van der Waals surface area contributed by atoms with E-state index in [4.69, 9.17) is 5.73 Å². The lowest BCUT2D eigenvalue weighted by Gasteiger charge is -2.07. The Morgan fingerprint density at radius 1 is 1.21 bits per heavy atom. The summed E-state index contributed by atoms with van der Waals surface area (Å²) in [6.07, 6.45) is 1.17. The van der Waals surface area contributed by atoms with Gasteiger partial charge < -0.3 is 16.0 Å². The van der Waals surface area contributed by atoms with Crippen molar-refractivity contribution in [3.8, 4) is 11.4 Å². The molecule has 0 saturated carbocycles. The zero-order valence-corrected chi connectivity index (χ0v) is 13.8. The van der Waals surface area contributed by atoms with Gasteiger partial charge in [0.15, 0.2) is 0 Å². The molecule has 0 bridgehead atoms. The topological polar surface area (TPSA) is 83.8 Å². The molecular weight excluding hydrogens is 300 g/mol. The number of rotatable bonds is 6. The Bertz CT molecular complexity index is 788. The van der Waals surface area contributed by atoms with E-state index in [1.54, 1.807) is 0 Å². The van der Waals surface area contributed by atoms with Crippen LogP contribution < -0.4 is 11.1 Å². The number of nitrogens with zero attached hydrogens (tertiary/aromatic N) is 1. The molecule has 1 heterocycles. The quantitative estimate of drug-likeness (QED) is 0.652. The van der Waals surface area contributed by atoms with Crippen LogP contribution in [0.15, 0.2) is 48.5 Å². The number of aromatic nitrogens is 2. The van der Waals surface area contributed by atoms with Crippen LogP contribution in [-0.2, 0) is 11.3 Å². The molecule has 1 amide bonds. The van der Waals surface area contributed by atoms with Gasteiger partial charge in [0.2, 0.25) is 5.91 Å². The average molecular weight is 322 g/mol. The fraction of sp³-hybridized carbons (Fsp3) is 0.263. The molecular formula is C19H22N4O. The number of carbonyl (C=O) groups is 1. The molecule has 0 aliphatic carbocycles. The normalized spacial score (nSPS) is 12.2. The molecule has 3 aromatic rings. The van der Waals surface area contributed by atoms with E-state index in [1.807, 2.05) is 55.5 Å². The van der Waals surface area contributed by atoms with Crippen molar-refractivity contribution in [1.29, 1.82) is 0 Å². The van der Waals surface area contributed by atoms with Gasteiger partial charge in [-0.05, 0) is 31.0 Å². The fourth-order valence-corrected chi connectivity index (χ4v) is 2.52. The van der Waals surface area contributed by atoms with Gasteiger partial charge in [-0.1, -0.05) is 36.4 Å². The van der Waals surface area contributed by atoms with Gasteiger partial charge in [-0.25, -0.2) is 4.98 Å². The van der Waals surface area contributed by atoms with Gasteiger partial charge in [0.25, 0.3) is 0 Å². The second-order valence-electron chi connectivity index (χ2n) is 6.09. The number of benzene rings is 2. The number of aromatic amines is 1. The van der Waals surface area contributed by atoms with Crippen molar-refractivity contribution in [2.75, 3.05) is 0 Å². The van der Waals surface area contributed by atoms with Gasteiger partial charge in [0.1, 0.15) is 5.82 Å². The summed E-state index contributed by atoms with van der Waals surface area (Å²) in [6, 6.07) is 16.1. The number of hydrogen-bond donors (Lipinski definition) is 3. The fourth-order valence-electron chi connectivity index (χ4n) is 2.52. The van der Waals surface area contributed by atoms with Gasteiger partial charge >= 0.3 is 0 Å². The predicted molar refractivity (Wildman–Crippen MR) is 96.3 cm³/mol. The molecule has 2 aromatic carbocycles. The Balaban J connectivity index is 1.62. The second kappa shape index (κ2) is 7.27. The van der Waals surface area contributed by atoms with E-state index in [9.17, 15) is 4.79 Å². The Morgan fingerprint density at radius 3 is 2.67 bits per heavy atom. The number of nitrogens with one attached hydrogen (secondary N) is 2. The maximum Gasteiger partial charge on any atom is 0.220 e. The summed E-state index contributed by atoms with van der Waals surface area (Å²) in [4.78, 5) is 19.6. The molecule has 24 heavy (non-hydrogen) atoms. The van der Waals surface area contributed by atoms with Crippen LogP contribution in [0.25, 0.3) is 22.4 Å². The van der Waals surface area contributed by atoms with Crippen LogP contribution in [0, 0.1) is 0 Å². The standard InChI is InChI=1S/C19H22N4O/c1-13(20)6-11-18(24)21-12-14-7-9-15(10-8-14)19-22-16-4-2-3-5-17(16)23-19/h2-5,7-10,13H,6,11-12,20H2,1H3,(H,21,24)(H,22,23). The van der Waals surface area contributed by atoms with Crippen molar-refractivity contribution >= 4 is 16.9 Å². The molecule has 1 unspecified atom stereocenters. The first-order valence-electron chi connectivity index (χ1n) is 8.18. The summed E-state index contributed by atoms with van der Waals surface area (Å²) in [5.74, 6) is 0.886. The van der Waals surface area contributed by atoms with Crippen molar-refractivity contribution in [3.63, 3.8) is 0 Å². The number of imidazole rings is 1. The third-order valence-electron chi connectivity index (χ3n) is 3.93. The Hall–Kier alpha value is -2.66. The highest BCUT2D eigenvalue weighted by atomic mass is 16.1. The number of H-pyrrole nitrogens is 1. The van der Waals surface area contributed by atoms with E-state index >= 15 is 0 Å². The average Bonchev–Trinajstić information content (AvgIpc) is 3.02. The van der Waals surface area contributed by atoms with Crippen LogP contribution in [0.2, 0.25) is 0 Å². The molecule has 124 valence electrons. The van der Waals surface area contributed by atoms with E-state index in [2.05, 4.69) is 15.3 Å². The van der Waals surface area contributed by atoms with Crippen LogP contribution in [0.1, 0.15) is 25.3 Å². The van der Waals surface area contributed by atoms with Gasteiger partial charge in [-0.15, -0.1) is 0 Å². The first-order valence-corrected chi connectivity index (χ1v) is 8.18. The number of hydrogen-bond acceptors (Lipinski definition) is 3. The lowest BCUT2D eigenvalue weighted by Crippen LogP contribution is -2.25. The van der Waals surface area contributed by atoms with Gasteiger partial charge in [0, 0.05) is 24.6 Å². The first-order chi connectivity index (χ1) is 11.6. The molecule has 5 heteroatoms. The van der Waals surface area contributed by atoms with Crippen molar-refractivity contribution in [2.24, 2.45) is 5.73 Å². The van der Waals surface area contributed by atoms with E-state index in [1.165, 1.54) is 0 Å². The molecule has 0 saturated heterocycles. The number of nitrogens with two attached hydrogens (primary N) is 1. The maximum atomic E-state index is 11.7. The van der Waals surface area contributed by atoms with Crippen LogP contribution >= 0.6 is 0 Å². The monoisotopic (exact) mass is 322 g/mol. The summed E-state index contributed by atoms with van der Waals surface area (Å²) in [6.45, 7) is 2.43. The highest BCUT2D eigenvalue weighted by molar-refractivity contribution is 5.79. The van der Waals surface area contributed by atoms with Gasteiger partial charge in [0.05, 0.1) is 11.0 Å². The molecule has 0 spiro atoms. The summed E-state index contributed by atoms with van der Waals surface area (Å²) >= 11 is 0. The van der Waals surface area contributed by atoms with Crippen LogP contribution in [0.4, 0.5) is 0 Å². The minimum atomic E-state index is 0.0358. The number of para-hydroxylation sites is 2. The van der Waals surface area contributed by atoms with Gasteiger partial charge in [-0.3, -0.25) is 4.79 Å². The number of fused-ring (bicyclic) bond motifs is 1. The van der Waals surface area contributed by atoms with Crippen molar-refractivity contribution < 1.29 is 4.79 Å². The number of amides is 1. The molecule has 4 N–H and O–H groups in total. The van der Waals surface area contributed by atoms with Gasteiger partial charge in [-0.2, -0.15) is 0 Å². The lowest BCUT2D eigenvalue weighted by atomic mass is 10.1. The SMILES string of the molecule is CC(N)CCC(=O)NCc1ccc(-c2nc3ccccc3[nH]2)cc1. The molecule has 0 radical (unpaired) electrons. The first kappa shape index (κ1) is 16.2.